The average molecular weight is 271 g/mol. The lowest BCUT2D eigenvalue weighted by molar-refractivity contribution is -0.136. The lowest BCUT2D eigenvalue weighted by atomic mass is 10.1. The van der Waals surface area contributed by atoms with Gasteiger partial charge < -0.3 is 9.73 Å². The summed E-state index contributed by atoms with van der Waals surface area (Å²) in [6.45, 7) is 2.46. The van der Waals surface area contributed by atoms with Crippen molar-refractivity contribution < 1.29 is 17.6 Å². The molecule has 0 saturated carbocycles. The Balaban J connectivity index is 2.17. The van der Waals surface area contributed by atoms with Crippen LogP contribution in [0, 0.1) is 0 Å². The highest BCUT2D eigenvalue weighted by atomic mass is 19.4. The molecule has 1 N–H and O–H groups in total. The standard InChI is InChI=1S/C14H16F3NO/c1-2-18-11(7-8-14(15,16)17)13-9-10-5-3-4-6-12(10)19-13/h3-6,9,11,18H,2,7-8H2,1H3. The van der Waals surface area contributed by atoms with Gasteiger partial charge in [-0.1, -0.05) is 25.1 Å². The van der Waals surface area contributed by atoms with Crippen molar-refractivity contribution in [1.82, 2.24) is 5.32 Å². The smallest absolute Gasteiger partial charge is 0.389 e. The first-order valence-electron chi connectivity index (χ1n) is 6.28. The molecule has 2 nitrogen and oxygen atoms in total. The van der Waals surface area contributed by atoms with Crippen LogP contribution in [0.3, 0.4) is 0 Å². The van der Waals surface area contributed by atoms with Crippen molar-refractivity contribution in [3.63, 3.8) is 0 Å². The summed E-state index contributed by atoms with van der Waals surface area (Å²) in [6.07, 6.45) is -4.97. The van der Waals surface area contributed by atoms with Gasteiger partial charge >= 0.3 is 6.18 Å². The van der Waals surface area contributed by atoms with Crippen LogP contribution >= 0.6 is 0 Å². The predicted molar refractivity (Wildman–Crippen MR) is 67.9 cm³/mol. The van der Waals surface area contributed by atoms with Crippen molar-refractivity contribution >= 4 is 11.0 Å². The Bertz CT molecular complexity index is 500. The number of halogens is 3. The molecule has 0 spiro atoms. The summed E-state index contributed by atoms with van der Waals surface area (Å²) < 4.78 is 42.6. The van der Waals surface area contributed by atoms with E-state index in [9.17, 15) is 13.2 Å². The monoisotopic (exact) mass is 271 g/mol. The summed E-state index contributed by atoms with van der Waals surface area (Å²) in [6, 6.07) is 8.81. The zero-order valence-corrected chi connectivity index (χ0v) is 10.6. The molecule has 0 saturated heterocycles. The van der Waals surface area contributed by atoms with Crippen molar-refractivity contribution in [2.45, 2.75) is 32.0 Å². The van der Waals surface area contributed by atoms with Crippen molar-refractivity contribution in [3.05, 3.63) is 36.1 Å². The van der Waals surface area contributed by atoms with Gasteiger partial charge in [0.25, 0.3) is 0 Å². The van der Waals surface area contributed by atoms with Gasteiger partial charge in [-0.15, -0.1) is 0 Å². The summed E-state index contributed by atoms with van der Waals surface area (Å²) in [5.41, 5.74) is 0.701. The Morgan fingerprint density at radius 3 is 2.63 bits per heavy atom. The Hall–Kier alpha value is -1.49. The zero-order chi connectivity index (χ0) is 13.9. The first-order chi connectivity index (χ1) is 8.99. The van der Waals surface area contributed by atoms with Crippen LogP contribution in [0.2, 0.25) is 0 Å². The number of benzene rings is 1. The third-order valence-electron chi connectivity index (χ3n) is 2.96. The van der Waals surface area contributed by atoms with E-state index >= 15 is 0 Å². The van der Waals surface area contributed by atoms with E-state index in [1.807, 2.05) is 31.2 Å². The second-order valence-electron chi connectivity index (χ2n) is 4.45. The van der Waals surface area contributed by atoms with E-state index in [1.54, 1.807) is 6.07 Å². The summed E-state index contributed by atoms with van der Waals surface area (Å²) in [7, 11) is 0. The second-order valence-corrected chi connectivity index (χ2v) is 4.45. The molecule has 0 fully saturated rings. The highest BCUT2D eigenvalue weighted by Crippen LogP contribution is 2.30. The molecule has 0 aliphatic heterocycles. The van der Waals surface area contributed by atoms with E-state index in [0.717, 1.165) is 5.39 Å². The summed E-state index contributed by atoms with van der Waals surface area (Å²) >= 11 is 0. The molecule has 1 aromatic carbocycles. The lowest BCUT2D eigenvalue weighted by Crippen LogP contribution is -2.22. The van der Waals surface area contributed by atoms with Gasteiger partial charge in [0.15, 0.2) is 0 Å². The molecule has 5 heteroatoms. The van der Waals surface area contributed by atoms with E-state index in [2.05, 4.69) is 5.32 Å². The number of alkyl halides is 3. The van der Waals surface area contributed by atoms with Crippen LogP contribution < -0.4 is 5.32 Å². The SMILES string of the molecule is CCNC(CCC(F)(F)F)c1cc2ccccc2o1. The van der Waals surface area contributed by atoms with Gasteiger partial charge in [0, 0.05) is 11.8 Å². The summed E-state index contributed by atoms with van der Waals surface area (Å²) in [5.74, 6) is 0.562. The molecule has 19 heavy (non-hydrogen) atoms. The van der Waals surface area contributed by atoms with Crippen molar-refractivity contribution in [1.29, 1.82) is 0 Å². The van der Waals surface area contributed by atoms with Gasteiger partial charge in [0.1, 0.15) is 11.3 Å². The largest absolute Gasteiger partial charge is 0.459 e. The van der Waals surface area contributed by atoms with E-state index in [0.29, 0.717) is 17.9 Å². The van der Waals surface area contributed by atoms with Gasteiger partial charge in [-0.2, -0.15) is 13.2 Å². The maximum absolute atomic E-state index is 12.3. The molecule has 1 atom stereocenters. The second kappa shape index (κ2) is 5.65. The maximum Gasteiger partial charge on any atom is 0.389 e. The minimum Gasteiger partial charge on any atom is -0.459 e. The molecular weight excluding hydrogens is 255 g/mol. The fourth-order valence-corrected chi connectivity index (χ4v) is 2.07. The molecule has 0 aliphatic rings. The van der Waals surface area contributed by atoms with Crippen molar-refractivity contribution in [3.8, 4) is 0 Å². The first kappa shape index (κ1) is 13.9. The fraction of sp³-hybridized carbons (Fsp3) is 0.429. The Morgan fingerprint density at radius 2 is 2.00 bits per heavy atom. The molecule has 0 amide bonds. The van der Waals surface area contributed by atoms with E-state index in [-0.39, 0.29) is 6.42 Å². The van der Waals surface area contributed by atoms with E-state index in [1.165, 1.54) is 0 Å². The Labute approximate surface area is 109 Å². The molecular formula is C14H16F3NO. The first-order valence-corrected chi connectivity index (χ1v) is 6.28. The minimum atomic E-state index is -4.14. The van der Waals surface area contributed by atoms with Gasteiger partial charge in [-0.25, -0.2) is 0 Å². The van der Waals surface area contributed by atoms with Gasteiger partial charge in [-0.3, -0.25) is 0 Å². The summed E-state index contributed by atoms with van der Waals surface area (Å²) in [5, 5.41) is 3.95. The predicted octanol–water partition coefficient (Wildman–Crippen LogP) is 4.43. The Kier molecular flexibility index (Phi) is 4.14. The lowest BCUT2D eigenvalue weighted by Gasteiger charge is -2.16. The quantitative estimate of drug-likeness (QED) is 0.870. The average Bonchev–Trinajstić information content (AvgIpc) is 2.76. The zero-order valence-electron chi connectivity index (χ0n) is 10.6. The number of nitrogens with one attached hydrogen (secondary N) is 1. The molecule has 0 radical (unpaired) electrons. The number of hydrogen-bond donors (Lipinski definition) is 1. The third-order valence-corrected chi connectivity index (χ3v) is 2.96. The van der Waals surface area contributed by atoms with E-state index < -0.39 is 18.6 Å². The van der Waals surface area contributed by atoms with Crippen LogP contribution in [0.4, 0.5) is 13.2 Å². The summed E-state index contributed by atoms with van der Waals surface area (Å²) in [4.78, 5) is 0. The minimum absolute atomic E-state index is 0.0167. The van der Waals surface area contributed by atoms with Crippen molar-refractivity contribution in [2.24, 2.45) is 0 Å². The van der Waals surface area contributed by atoms with Crippen LogP contribution in [-0.4, -0.2) is 12.7 Å². The number of hydrogen-bond acceptors (Lipinski definition) is 2. The molecule has 104 valence electrons. The van der Waals surface area contributed by atoms with Crippen LogP contribution in [-0.2, 0) is 0 Å². The molecule has 2 aromatic rings. The molecule has 0 bridgehead atoms. The van der Waals surface area contributed by atoms with E-state index in [4.69, 9.17) is 4.42 Å². The van der Waals surface area contributed by atoms with Crippen LogP contribution in [0.25, 0.3) is 11.0 Å². The highest BCUT2D eigenvalue weighted by Gasteiger charge is 2.29. The van der Waals surface area contributed by atoms with Gasteiger partial charge in [0.05, 0.1) is 6.04 Å². The number of fused-ring (bicyclic) bond motifs is 1. The Morgan fingerprint density at radius 1 is 1.26 bits per heavy atom. The molecule has 1 heterocycles. The highest BCUT2D eigenvalue weighted by molar-refractivity contribution is 5.77. The van der Waals surface area contributed by atoms with Crippen LogP contribution in [0.15, 0.2) is 34.7 Å². The van der Waals surface area contributed by atoms with Crippen LogP contribution in [0.1, 0.15) is 31.6 Å². The number of para-hydroxylation sites is 1. The molecule has 1 aromatic heterocycles. The number of furan rings is 1. The van der Waals surface area contributed by atoms with Crippen molar-refractivity contribution in [2.75, 3.05) is 6.54 Å². The topological polar surface area (TPSA) is 25.2 Å². The molecule has 2 rings (SSSR count). The number of rotatable bonds is 5. The normalized spacial score (nSPS) is 13.9. The fourth-order valence-electron chi connectivity index (χ4n) is 2.07. The maximum atomic E-state index is 12.3. The molecule has 1 unspecified atom stereocenters. The third kappa shape index (κ3) is 3.73. The molecule has 0 aliphatic carbocycles. The van der Waals surface area contributed by atoms with Crippen LogP contribution in [0.5, 0.6) is 0 Å². The van der Waals surface area contributed by atoms with Gasteiger partial charge in [0.2, 0.25) is 0 Å². The van der Waals surface area contributed by atoms with Gasteiger partial charge in [-0.05, 0) is 25.1 Å².